The molecule has 1 aromatic rings. The van der Waals surface area contributed by atoms with Gasteiger partial charge in [-0.3, -0.25) is 0 Å². The van der Waals surface area contributed by atoms with E-state index in [0.29, 0.717) is 11.8 Å². The Bertz CT molecular complexity index is 585. The highest BCUT2D eigenvalue weighted by atomic mass is 32.1. The van der Waals surface area contributed by atoms with Crippen molar-refractivity contribution in [3.05, 3.63) is 24.3 Å². The van der Waals surface area contributed by atoms with Gasteiger partial charge in [0.2, 0.25) is 0 Å². The summed E-state index contributed by atoms with van der Waals surface area (Å²) in [6.07, 6.45) is 5.54. The highest BCUT2D eigenvalue weighted by Gasteiger charge is 2.40. The van der Waals surface area contributed by atoms with Crippen molar-refractivity contribution in [1.29, 1.82) is 0 Å². The monoisotopic (exact) mass is 331 g/mol. The summed E-state index contributed by atoms with van der Waals surface area (Å²) >= 11 is 5.66. The van der Waals surface area contributed by atoms with Crippen LogP contribution in [0.25, 0.3) is 0 Å². The van der Waals surface area contributed by atoms with E-state index in [-0.39, 0.29) is 0 Å². The number of rotatable bonds is 2. The third-order valence-corrected chi connectivity index (χ3v) is 6.18. The molecule has 0 aromatic heterocycles. The molecule has 1 aliphatic heterocycles. The van der Waals surface area contributed by atoms with Crippen molar-refractivity contribution in [2.24, 2.45) is 11.8 Å². The molecule has 124 valence electrons. The molecule has 23 heavy (non-hydrogen) atoms. The number of phenolic OH excluding ortho intramolecular Hbond substituents is 1. The number of nitrogens with zero attached hydrogens (tertiary/aromatic N) is 2. The lowest BCUT2D eigenvalue weighted by molar-refractivity contribution is 0.345. The van der Waals surface area contributed by atoms with Gasteiger partial charge in [0.05, 0.1) is 0 Å². The summed E-state index contributed by atoms with van der Waals surface area (Å²) in [5.74, 6) is 2.13. The van der Waals surface area contributed by atoms with Crippen molar-refractivity contribution < 1.29 is 5.11 Å². The van der Waals surface area contributed by atoms with Crippen molar-refractivity contribution in [1.82, 2.24) is 10.2 Å². The fourth-order valence-corrected chi connectivity index (χ4v) is 4.86. The van der Waals surface area contributed by atoms with Gasteiger partial charge in [0.1, 0.15) is 5.75 Å². The minimum atomic E-state index is 0.332. The van der Waals surface area contributed by atoms with Crippen molar-refractivity contribution >= 4 is 23.0 Å². The van der Waals surface area contributed by atoms with Crippen LogP contribution < -0.4 is 10.2 Å². The fraction of sp³-hybridized carbons (Fsp3) is 0.611. The maximum atomic E-state index is 9.63. The largest absolute Gasteiger partial charge is 0.508 e. The van der Waals surface area contributed by atoms with Crippen LogP contribution in [-0.2, 0) is 0 Å². The Labute approximate surface area is 143 Å². The lowest BCUT2D eigenvalue weighted by Crippen LogP contribution is -2.54. The highest BCUT2D eigenvalue weighted by molar-refractivity contribution is 7.80. The average molecular weight is 331 g/mol. The maximum Gasteiger partial charge on any atom is 0.169 e. The van der Waals surface area contributed by atoms with Crippen LogP contribution in [0.3, 0.4) is 0 Å². The molecule has 2 N–H and O–H groups in total. The van der Waals surface area contributed by atoms with Gasteiger partial charge in [0, 0.05) is 44.0 Å². The zero-order chi connectivity index (χ0) is 15.8. The summed E-state index contributed by atoms with van der Waals surface area (Å²) in [6.45, 7) is 3.79. The minimum Gasteiger partial charge on any atom is -0.508 e. The number of anilines is 1. The fourth-order valence-electron chi connectivity index (χ4n) is 4.53. The van der Waals surface area contributed by atoms with E-state index < -0.39 is 0 Å². The Hall–Kier alpha value is -1.49. The van der Waals surface area contributed by atoms with E-state index in [1.54, 1.807) is 6.07 Å². The first-order chi connectivity index (χ1) is 11.2. The smallest absolute Gasteiger partial charge is 0.169 e. The summed E-state index contributed by atoms with van der Waals surface area (Å²) in [5, 5.41) is 14.2. The second-order valence-corrected chi connectivity index (χ2v) is 7.61. The van der Waals surface area contributed by atoms with Gasteiger partial charge in [-0.25, -0.2) is 0 Å². The van der Waals surface area contributed by atoms with Gasteiger partial charge >= 0.3 is 0 Å². The Morgan fingerprint density at radius 2 is 1.96 bits per heavy atom. The Morgan fingerprint density at radius 1 is 1.13 bits per heavy atom. The molecule has 1 heterocycles. The van der Waals surface area contributed by atoms with Crippen LogP contribution in [0.4, 0.5) is 5.69 Å². The van der Waals surface area contributed by atoms with Gasteiger partial charge in [0.25, 0.3) is 0 Å². The molecule has 2 bridgehead atoms. The van der Waals surface area contributed by atoms with Crippen molar-refractivity contribution in [2.75, 3.05) is 31.1 Å². The molecule has 2 saturated carbocycles. The zero-order valence-electron chi connectivity index (χ0n) is 13.4. The summed E-state index contributed by atoms with van der Waals surface area (Å²) in [5.41, 5.74) is 1.09. The number of phenols is 1. The van der Waals surface area contributed by atoms with Gasteiger partial charge in [-0.1, -0.05) is 12.5 Å². The van der Waals surface area contributed by atoms with E-state index in [4.69, 9.17) is 12.2 Å². The predicted octanol–water partition coefficient (Wildman–Crippen LogP) is 2.58. The normalized spacial score (nSPS) is 29.8. The van der Waals surface area contributed by atoms with Gasteiger partial charge < -0.3 is 20.2 Å². The first-order valence-electron chi connectivity index (χ1n) is 8.78. The SMILES string of the molecule is Oc1cccc(N2CCN(C(=S)N[C@H]3C[C@H]4CC[C@H]3C4)CC2)c1. The summed E-state index contributed by atoms with van der Waals surface area (Å²) in [4.78, 5) is 4.62. The second-order valence-electron chi connectivity index (χ2n) is 7.22. The average Bonchev–Trinajstić information content (AvgIpc) is 3.18. The van der Waals surface area contributed by atoms with Crippen LogP contribution in [0.5, 0.6) is 5.75 Å². The molecule has 1 aromatic carbocycles. The third kappa shape index (κ3) is 3.11. The van der Waals surface area contributed by atoms with Crippen LogP contribution in [0.1, 0.15) is 25.7 Å². The van der Waals surface area contributed by atoms with E-state index in [0.717, 1.165) is 48.8 Å². The summed E-state index contributed by atoms with van der Waals surface area (Å²) < 4.78 is 0. The molecule has 3 fully saturated rings. The first-order valence-corrected chi connectivity index (χ1v) is 9.19. The molecule has 0 amide bonds. The number of hydrogen-bond acceptors (Lipinski definition) is 3. The third-order valence-electron chi connectivity index (χ3n) is 5.81. The number of fused-ring (bicyclic) bond motifs is 2. The first kappa shape index (κ1) is 15.1. The molecule has 4 nitrogen and oxygen atoms in total. The Balaban J connectivity index is 1.30. The number of thiocarbonyl (C=S) groups is 1. The van der Waals surface area contributed by atoms with Crippen molar-refractivity contribution in [2.45, 2.75) is 31.7 Å². The quantitative estimate of drug-likeness (QED) is 0.815. The lowest BCUT2D eigenvalue weighted by Gasteiger charge is -2.38. The summed E-state index contributed by atoms with van der Waals surface area (Å²) in [6, 6.07) is 8.13. The molecular formula is C18H25N3OS. The molecule has 4 rings (SSSR count). The van der Waals surface area contributed by atoms with E-state index in [9.17, 15) is 5.11 Å². The lowest BCUT2D eigenvalue weighted by atomic mass is 9.95. The minimum absolute atomic E-state index is 0.332. The number of piperazine rings is 1. The number of hydrogen-bond donors (Lipinski definition) is 2. The standard InChI is InChI=1S/C18H25N3OS/c22-16-3-1-2-15(12-16)20-6-8-21(9-7-20)18(23)19-17-11-13-4-5-14(17)10-13/h1-3,12-14,17,22H,4-11H2,(H,19,23)/t13-,14-,17-/m0/s1. The van der Waals surface area contributed by atoms with Crippen LogP contribution >= 0.6 is 12.2 Å². The van der Waals surface area contributed by atoms with Crippen LogP contribution in [0.2, 0.25) is 0 Å². The topological polar surface area (TPSA) is 38.7 Å². The maximum absolute atomic E-state index is 9.63. The highest BCUT2D eigenvalue weighted by Crippen LogP contribution is 2.44. The van der Waals surface area contributed by atoms with Gasteiger partial charge in [0.15, 0.2) is 5.11 Å². The molecule has 3 atom stereocenters. The molecule has 0 unspecified atom stereocenters. The van der Waals surface area contributed by atoms with E-state index >= 15 is 0 Å². The van der Waals surface area contributed by atoms with Gasteiger partial charge in [-0.2, -0.15) is 0 Å². The van der Waals surface area contributed by atoms with Crippen molar-refractivity contribution in [3.63, 3.8) is 0 Å². The molecule has 2 aliphatic carbocycles. The van der Waals surface area contributed by atoms with Gasteiger partial charge in [-0.05, 0) is 55.4 Å². The van der Waals surface area contributed by atoms with E-state index in [1.807, 2.05) is 12.1 Å². The summed E-state index contributed by atoms with van der Waals surface area (Å²) in [7, 11) is 0. The van der Waals surface area contributed by atoms with E-state index in [2.05, 4.69) is 21.2 Å². The predicted molar refractivity (Wildman–Crippen MR) is 96.9 cm³/mol. The molecule has 1 saturated heterocycles. The number of nitrogens with one attached hydrogen (secondary N) is 1. The zero-order valence-corrected chi connectivity index (χ0v) is 14.3. The van der Waals surface area contributed by atoms with Crippen LogP contribution in [0.15, 0.2) is 24.3 Å². The Kier molecular flexibility index (Phi) is 4.05. The second kappa shape index (κ2) is 6.19. The molecule has 3 aliphatic rings. The van der Waals surface area contributed by atoms with Crippen LogP contribution in [-0.4, -0.2) is 47.3 Å². The van der Waals surface area contributed by atoms with Gasteiger partial charge in [-0.15, -0.1) is 0 Å². The molecule has 0 spiro atoms. The number of benzene rings is 1. The van der Waals surface area contributed by atoms with E-state index in [1.165, 1.54) is 25.7 Å². The number of aromatic hydroxyl groups is 1. The Morgan fingerprint density at radius 3 is 2.61 bits per heavy atom. The van der Waals surface area contributed by atoms with Crippen molar-refractivity contribution in [3.8, 4) is 5.75 Å². The molecule has 0 radical (unpaired) electrons. The molecular weight excluding hydrogens is 306 g/mol. The van der Waals surface area contributed by atoms with Crippen LogP contribution in [0, 0.1) is 11.8 Å². The molecule has 5 heteroatoms.